The number of aromatic nitrogens is 2. The summed E-state index contributed by atoms with van der Waals surface area (Å²) in [7, 11) is 1.81. The predicted molar refractivity (Wildman–Crippen MR) is 111 cm³/mol. The van der Waals surface area contributed by atoms with Crippen molar-refractivity contribution in [3.63, 3.8) is 0 Å². The highest BCUT2D eigenvalue weighted by atomic mass is 16.5. The van der Waals surface area contributed by atoms with Crippen molar-refractivity contribution in [1.29, 1.82) is 0 Å². The second-order valence-electron chi connectivity index (χ2n) is 7.06. The number of likely N-dealkylation sites (N-methyl/N-ethyl adjacent to an activating group) is 1. The van der Waals surface area contributed by atoms with E-state index in [9.17, 15) is 4.79 Å². The molecular formula is C22H24N4O2. The van der Waals surface area contributed by atoms with Crippen LogP contribution in [0.2, 0.25) is 0 Å². The van der Waals surface area contributed by atoms with Crippen LogP contribution in [0.1, 0.15) is 22.4 Å². The summed E-state index contributed by atoms with van der Waals surface area (Å²) in [6.45, 7) is 4.57. The van der Waals surface area contributed by atoms with E-state index >= 15 is 0 Å². The number of nitrogens with zero attached hydrogens (tertiary/aromatic N) is 2. The maximum Gasteiger partial charge on any atom is 0.246 e. The third-order valence-electron chi connectivity index (χ3n) is 5.04. The Morgan fingerprint density at radius 3 is 3.07 bits per heavy atom. The zero-order chi connectivity index (χ0) is 19.5. The number of aryl methyl sites for hydroxylation is 1. The minimum atomic E-state index is -0.0534. The van der Waals surface area contributed by atoms with Crippen LogP contribution in [0.15, 0.2) is 42.6 Å². The van der Waals surface area contributed by atoms with E-state index in [2.05, 4.69) is 34.3 Å². The molecule has 2 N–H and O–H groups in total. The molecule has 0 saturated carbocycles. The van der Waals surface area contributed by atoms with Crippen molar-refractivity contribution >= 4 is 28.7 Å². The van der Waals surface area contributed by atoms with E-state index < -0.39 is 0 Å². The Morgan fingerprint density at radius 2 is 2.21 bits per heavy atom. The molecule has 0 bridgehead atoms. The number of H-pyrrole nitrogens is 1. The molecule has 0 spiro atoms. The van der Waals surface area contributed by atoms with Crippen molar-refractivity contribution in [2.45, 2.75) is 20.1 Å². The Labute approximate surface area is 164 Å². The molecule has 0 unspecified atom stereocenters. The number of pyridine rings is 1. The average Bonchev–Trinajstić information content (AvgIpc) is 2.88. The zero-order valence-electron chi connectivity index (χ0n) is 16.2. The smallest absolute Gasteiger partial charge is 0.246 e. The van der Waals surface area contributed by atoms with Gasteiger partial charge in [-0.1, -0.05) is 18.2 Å². The number of aromatic amines is 1. The van der Waals surface area contributed by atoms with E-state index in [0.29, 0.717) is 19.8 Å². The predicted octanol–water partition coefficient (Wildman–Crippen LogP) is 3.49. The molecule has 1 amide bonds. The highest BCUT2D eigenvalue weighted by Gasteiger charge is 2.12. The molecule has 3 aromatic rings. The third-order valence-corrected chi connectivity index (χ3v) is 5.04. The number of nitrogens with one attached hydrogen (secondary N) is 2. The summed E-state index contributed by atoms with van der Waals surface area (Å²) >= 11 is 0. The van der Waals surface area contributed by atoms with Crippen LogP contribution in [-0.4, -0.2) is 41.0 Å². The molecule has 28 heavy (non-hydrogen) atoms. The first-order valence-electron chi connectivity index (χ1n) is 9.42. The second-order valence-corrected chi connectivity index (χ2v) is 7.06. The lowest BCUT2D eigenvalue weighted by atomic mass is 10.1. The second kappa shape index (κ2) is 7.86. The number of benzene rings is 1. The largest absolute Gasteiger partial charge is 0.375 e. The molecule has 3 heterocycles. The molecule has 1 aliphatic rings. The fourth-order valence-electron chi connectivity index (χ4n) is 3.42. The molecule has 2 aromatic heterocycles. The molecule has 1 aromatic carbocycles. The number of carbonyl (C=O) groups is 1. The summed E-state index contributed by atoms with van der Waals surface area (Å²) in [6, 6.07) is 10.2. The normalized spacial score (nSPS) is 13.9. The molecule has 0 saturated heterocycles. The monoisotopic (exact) mass is 376 g/mol. The molecular weight excluding hydrogens is 352 g/mol. The van der Waals surface area contributed by atoms with Crippen LogP contribution < -0.4 is 5.32 Å². The maximum absolute atomic E-state index is 12.6. The number of amides is 1. The molecule has 144 valence electrons. The molecule has 0 fully saturated rings. The quantitative estimate of drug-likeness (QED) is 0.684. The van der Waals surface area contributed by atoms with E-state index in [-0.39, 0.29) is 5.91 Å². The first-order chi connectivity index (χ1) is 13.6. The number of hydrogen-bond donors (Lipinski definition) is 2. The Kier molecular flexibility index (Phi) is 5.12. The first-order valence-corrected chi connectivity index (χ1v) is 9.42. The lowest BCUT2D eigenvalue weighted by Crippen LogP contribution is -2.24. The molecule has 0 atom stereocenters. The fraction of sp³-hybridized carbons (Fsp3) is 0.273. The number of anilines is 1. The minimum Gasteiger partial charge on any atom is -0.375 e. The third kappa shape index (κ3) is 3.77. The van der Waals surface area contributed by atoms with Gasteiger partial charge in [0.15, 0.2) is 0 Å². The summed E-state index contributed by atoms with van der Waals surface area (Å²) in [5.74, 6) is 0.801. The highest BCUT2D eigenvalue weighted by molar-refractivity contribution is 5.92. The van der Waals surface area contributed by atoms with E-state index in [1.165, 1.54) is 10.9 Å². The standard InChI is InChI=1S/C22H24N4O2/c1-15-18-5-3-4-6-19(18)25-20(15)13-26(2)21(27)8-7-16-11-17-14-28-10-9-23-22(17)24-12-16/h3-8,11-12,25H,9-10,13-14H2,1-2H3,(H,23,24)/b8-7+. The van der Waals surface area contributed by atoms with E-state index in [1.807, 2.05) is 25.2 Å². The molecule has 1 aliphatic heterocycles. The lowest BCUT2D eigenvalue weighted by molar-refractivity contribution is -0.125. The zero-order valence-corrected chi connectivity index (χ0v) is 16.2. The van der Waals surface area contributed by atoms with Gasteiger partial charge in [-0.05, 0) is 36.3 Å². The van der Waals surface area contributed by atoms with Crippen molar-refractivity contribution in [2.24, 2.45) is 0 Å². The van der Waals surface area contributed by atoms with Gasteiger partial charge in [0.2, 0.25) is 5.91 Å². The van der Waals surface area contributed by atoms with Gasteiger partial charge in [-0.3, -0.25) is 4.79 Å². The van der Waals surface area contributed by atoms with E-state index in [4.69, 9.17) is 4.74 Å². The van der Waals surface area contributed by atoms with E-state index in [1.54, 1.807) is 23.2 Å². The van der Waals surface area contributed by atoms with Crippen LogP contribution in [0.4, 0.5) is 5.82 Å². The van der Waals surface area contributed by atoms with Crippen molar-refractivity contribution < 1.29 is 9.53 Å². The molecule has 6 nitrogen and oxygen atoms in total. The summed E-state index contributed by atoms with van der Waals surface area (Å²) in [5, 5.41) is 4.44. The highest BCUT2D eigenvalue weighted by Crippen LogP contribution is 2.22. The summed E-state index contributed by atoms with van der Waals surface area (Å²) in [4.78, 5) is 22.1. The van der Waals surface area contributed by atoms with Crippen LogP contribution in [0.3, 0.4) is 0 Å². The fourth-order valence-corrected chi connectivity index (χ4v) is 3.42. The van der Waals surface area contributed by atoms with Crippen LogP contribution >= 0.6 is 0 Å². The van der Waals surface area contributed by atoms with Crippen molar-refractivity contribution in [3.8, 4) is 0 Å². The van der Waals surface area contributed by atoms with Crippen LogP contribution in [0, 0.1) is 6.92 Å². The van der Waals surface area contributed by atoms with Crippen LogP contribution in [-0.2, 0) is 22.7 Å². The number of ether oxygens (including phenoxy) is 1. The summed E-state index contributed by atoms with van der Waals surface area (Å²) in [5.41, 5.74) is 5.23. The van der Waals surface area contributed by atoms with Gasteiger partial charge in [0.1, 0.15) is 5.82 Å². The topological polar surface area (TPSA) is 70.2 Å². The number of fused-ring (bicyclic) bond motifs is 2. The lowest BCUT2D eigenvalue weighted by Gasteiger charge is -2.15. The van der Waals surface area contributed by atoms with Crippen molar-refractivity contribution in [1.82, 2.24) is 14.9 Å². The van der Waals surface area contributed by atoms with Gasteiger partial charge in [-0.25, -0.2) is 4.98 Å². The first kappa shape index (κ1) is 18.3. The number of para-hydroxylation sites is 1. The van der Waals surface area contributed by atoms with Gasteiger partial charge in [0.05, 0.1) is 19.8 Å². The Bertz CT molecular complexity index is 1040. The summed E-state index contributed by atoms with van der Waals surface area (Å²) < 4.78 is 5.54. The molecule has 0 aliphatic carbocycles. The maximum atomic E-state index is 12.6. The number of hydrogen-bond acceptors (Lipinski definition) is 4. The molecule has 0 radical (unpaired) electrons. The Balaban J connectivity index is 1.45. The molecule has 4 rings (SSSR count). The number of carbonyl (C=O) groups excluding carboxylic acids is 1. The van der Waals surface area contributed by atoms with E-state index in [0.717, 1.165) is 34.7 Å². The Morgan fingerprint density at radius 1 is 1.36 bits per heavy atom. The van der Waals surface area contributed by atoms with Gasteiger partial charge in [-0.15, -0.1) is 0 Å². The average molecular weight is 376 g/mol. The van der Waals surface area contributed by atoms with Gasteiger partial charge in [-0.2, -0.15) is 0 Å². The van der Waals surface area contributed by atoms with Crippen LogP contribution in [0.25, 0.3) is 17.0 Å². The van der Waals surface area contributed by atoms with Crippen LogP contribution in [0.5, 0.6) is 0 Å². The van der Waals surface area contributed by atoms with Gasteiger partial charge in [0, 0.05) is 48.0 Å². The van der Waals surface area contributed by atoms with Crippen molar-refractivity contribution in [3.05, 3.63) is 65.0 Å². The number of rotatable bonds is 4. The Hall–Kier alpha value is -3.12. The van der Waals surface area contributed by atoms with Gasteiger partial charge >= 0.3 is 0 Å². The van der Waals surface area contributed by atoms with Gasteiger partial charge < -0.3 is 19.9 Å². The SMILES string of the molecule is Cc1c(CN(C)C(=O)/C=C/c2cnc3c(c2)COCCN3)[nH]c2ccccc12. The van der Waals surface area contributed by atoms with Crippen molar-refractivity contribution in [2.75, 3.05) is 25.5 Å². The van der Waals surface area contributed by atoms with Gasteiger partial charge in [0.25, 0.3) is 0 Å². The minimum absolute atomic E-state index is 0.0534. The molecule has 6 heteroatoms. The summed E-state index contributed by atoms with van der Waals surface area (Å²) in [6.07, 6.45) is 5.16.